The number of anilines is 1. The van der Waals surface area contributed by atoms with Gasteiger partial charge in [-0.15, -0.1) is 0 Å². The molecule has 6 heteroatoms. The normalized spacial score (nSPS) is 14.9. The van der Waals surface area contributed by atoms with E-state index in [1.165, 1.54) is 24.9 Å². The molecule has 120 valence electrons. The largest absolute Gasteiger partial charge is 0.496 e. The molecule has 1 heterocycles. The van der Waals surface area contributed by atoms with Crippen LogP contribution < -0.4 is 20.4 Å². The Kier molecular flexibility index (Phi) is 6.45. The summed E-state index contributed by atoms with van der Waals surface area (Å²) in [5.74, 6) is 0.822. The van der Waals surface area contributed by atoms with Crippen LogP contribution in [0.2, 0.25) is 0 Å². The number of piperidine rings is 1. The molecule has 0 saturated carbocycles. The summed E-state index contributed by atoms with van der Waals surface area (Å²) in [7, 11) is 1.68. The second-order valence-electron chi connectivity index (χ2n) is 5.20. The van der Waals surface area contributed by atoms with Gasteiger partial charge in [-0.1, -0.05) is 0 Å². The van der Waals surface area contributed by atoms with Gasteiger partial charge in [0.05, 0.1) is 13.3 Å². The molecule has 1 aliphatic rings. The van der Waals surface area contributed by atoms with Gasteiger partial charge in [-0.3, -0.25) is 5.43 Å². The number of hydrazone groups is 1. The molecule has 1 aliphatic heterocycles. The SMILES string of the molecule is CCNC(=S)NN=Cc1ccc(N2CCCCC2)cc1OC. The zero-order valence-corrected chi connectivity index (χ0v) is 14.1. The molecule has 0 aliphatic carbocycles. The third-order valence-electron chi connectivity index (χ3n) is 3.65. The molecule has 0 radical (unpaired) electrons. The predicted octanol–water partition coefficient (Wildman–Crippen LogP) is 2.50. The van der Waals surface area contributed by atoms with E-state index in [4.69, 9.17) is 17.0 Å². The molecule has 0 spiro atoms. The van der Waals surface area contributed by atoms with Crippen LogP contribution in [0.1, 0.15) is 31.7 Å². The second kappa shape index (κ2) is 8.58. The van der Waals surface area contributed by atoms with Crippen LogP contribution in [0.15, 0.2) is 23.3 Å². The Hall–Kier alpha value is -1.82. The Morgan fingerprint density at radius 3 is 2.82 bits per heavy atom. The summed E-state index contributed by atoms with van der Waals surface area (Å²) in [6.07, 6.45) is 5.58. The van der Waals surface area contributed by atoms with Crippen LogP contribution in [0.5, 0.6) is 5.75 Å². The molecule has 0 atom stereocenters. The van der Waals surface area contributed by atoms with Crippen LogP contribution in [0.3, 0.4) is 0 Å². The lowest BCUT2D eigenvalue weighted by Crippen LogP contribution is -2.31. The van der Waals surface area contributed by atoms with Gasteiger partial charge in [0.2, 0.25) is 0 Å². The van der Waals surface area contributed by atoms with Crippen LogP contribution in [-0.2, 0) is 0 Å². The number of hydrogen-bond donors (Lipinski definition) is 2. The molecule has 0 amide bonds. The van der Waals surface area contributed by atoms with E-state index in [1.807, 2.05) is 13.0 Å². The minimum absolute atomic E-state index is 0.516. The van der Waals surface area contributed by atoms with Gasteiger partial charge in [-0.2, -0.15) is 5.10 Å². The molecular weight excluding hydrogens is 296 g/mol. The highest BCUT2D eigenvalue weighted by Crippen LogP contribution is 2.26. The van der Waals surface area contributed by atoms with Crippen molar-refractivity contribution in [2.75, 3.05) is 31.6 Å². The third kappa shape index (κ3) is 4.59. The molecule has 0 unspecified atom stereocenters. The van der Waals surface area contributed by atoms with Crippen molar-refractivity contribution in [1.29, 1.82) is 0 Å². The number of ether oxygens (including phenoxy) is 1. The average molecular weight is 320 g/mol. The van der Waals surface area contributed by atoms with Gasteiger partial charge >= 0.3 is 0 Å². The fourth-order valence-corrected chi connectivity index (χ4v) is 2.71. The number of benzene rings is 1. The molecule has 1 aromatic carbocycles. The predicted molar refractivity (Wildman–Crippen MR) is 96.1 cm³/mol. The maximum Gasteiger partial charge on any atom is 0.186 e. The maximum absolute atomic E-state index is 5.49. The minimum atomic E-state index is 0.516. The highest BCUT2D eigenvalue weighted by molar-refractivity contribution is 7.80. The maximum atomic E-state index is 5.49. The quantitative estimate of drug-likeness (QED) is 0.496. The number of nitrogens with one attached hydrogen (secondary N) is 2. The first-order chi connectivity index (χ1) is 10.7. The molecule has 0 bridgehead atoms. The lowest BCUT2D eigenvalue weighted by molar-refractivity contribution is 0.414. The number of thiocarbonyl (C=S) groups is 1. The number of rotatable bonds is 5. The topological polar surface area (TPSA) is 48.9 Å². The van der Waals surface area contributed by atoms with Crippen molar-refractivity contribution in [3.63, 3.8) is 0 Å². The highest BCUT2D eigenvalue weighted by Gasteiger charge is 2.12. The fraction of sp³-hybridized carbons (Fsp3) is 0.500. The Morgan fingerprint density at radius 1 is 1.36 bits per heavy atom. The Bertz CT molecular complexity index is 527. The van der Waals surface area contributed by atoms with Gasteiger partial charge in [0.1, 0.15) is 5.75 Å². The van der Waals surface area contributed by atoms with E-state index in [0.717, 1.165) is 30.9 Å². The smallest absolute Gasteiger partial charge is 0.186 e. The van der Waals surface area contributed by atoms with E-state index in [9.17, 15) is 0 Å². The molecule has 5 nitrogen and oxygen atoms in total. The standard InChI is InChI=1S/C16H24N4OS/c1-3-17-16(22)19-18-12-13-7-8-14(11-15(13)21-2)20-9-5-4-6-10-20/h7-8,11-12H,3-6,9-10H2,1-2H3,(H2,17,19,22). The number of hydrogen-bond acceptors (Lipinski definition) is 4. The zero-order chi connectivity index (χ0) is 15.8. The van der Waals surface area contributed by atoms with Gasteiger partial charge < -0.3 is 15.0 Å². The summed E-state index contributed by atoms with van der Waals surface area (Å²) in [5, 5.41) is 7.64. The van der Waals surface area contributed by atoms with Crippen molar-refractivity contribution >= 4 is 29.2 Å². The molecule has 1 aromatic rings. The highest BCUT2D eigenvalue weighted by atomic mass is 32.1. The lowest BCUT2D eigenvalue weighted by Gasteiger charge is -2.29. The van der Waals surface area contributed by atoms with Crippen molar-refractivity contribution in [2.45, 2.75) is 26.2 Å². The van der Waals surface area contributed by atoms with Crippen LogP contribution in [0, 0.1) is 0 Å². The summed E-state index contributed by atoms with van der Waals surface area (Å²) in [6, 6.07) is 6.23. The van der Waals surface area contributed by atoms with Crippen LogP contribution in [-0.4, -0.2) is 38.1 Å². The number of methoxy groups -OCH3 is 1. The van der Waals surface area contributed by atoms with Gasteiger partial charge in [-0.25, -0.2) is 0 Å². The summed E-state index contributed by atoms with van der Waals surface area (Å²) in [5.41, 5.74) is 4.92. The molecule has 2 N–H and O–H groups in total. The lowest BCUT2D eigenvalue weighted by atomic mass is 10.1. The van der Waals surface area contributed by atoms with Crippen molar-refractivity contribution < 1.29 is 4.74 Å². The molecule has 22 heavy (non-hydrogen) atoms. The Balaban J connectivity index is 2.05. The van der Waals surface area contributed by atoms with E-state index >= 15 is 0 Å². The Labute approximate surface area is 137 Å². The van der Waals surface area contributed by atoms with Crippen molar-refractivity contribution in [3.05, 3.63) is 23.8 Å². The summed E-state index contributed by atoms with van der Waals surface area (Å²) in [6.45, 7) is 5.00. The van der Waals surface area contributed by atoms with E-state index in [1.54, 1.807) is 13.3 Å². The van der Waals surface area contributed by atoms with Gasteiger partial charge in [0.25, 0.3) is 0 Å². The average Bonchev–Trinajstić information content (AvgIpc) is 2.56. The summed E-state index contributed by atoms with van der Waals surface area (Å²) < 4.78 is 5.49. The van der Waals surface area contributed by atoms with Crippen molar-refractivity contribution in [3.8, 4) is 5.75 Å². The van der Waals surface area contributed by atoms with Gasteiger partial charge in [0.15, 0.2) is 5.11 Å². The monoisotopic (exact) mass is 320 g/mol. The third-order valence-corrected chi connectivity index (χ3v) is 3.88. The molecular formula is C16H24N4OS. The van der Waals surface area contributed by atoms with Gasteiger partial charge in [-0.05, 0) is 50.5 Å². The minimum Gasteiger partial charge on any atom is -0.496 e. The fourth-order valence-electron chi connectivity index (χ4n) is 2.52. The first kappa shape index (κ1) is 16.5. The van der Waals surface area contributed by atoms with Crippen molar-refractivity contribution in [2.24, 2.45) is 5.10 Å². The van der Waals surface area contributed by atoms with Crippen LogP contribution in [0.25, 0.3) is 0 Å². The molecule has 2 rings (SSSR count). The first-order valence-electron chi connectivity index (χ1n) is 7.74. The second-order valence-corrected chi connectivity index (χ2v) is 5.61. The van der Waals surface area contributed by atoms with E-state index in [2.05, 4.69) is 32.9 Å². The van der Waals surface area contributed by atoms with Crippen LogP contribution in [0.4, 0.5) is 5.69 Å². The van der Waals surface area contributed by atoms with Crippen molar-refractivity contribution in [1.82, 2.24) is 10.7 Å². The van der Waals surface area contributed by atoms with Crippen LogP contribution >= 0.6 is 12.2 Å². The van der Waals surface area contributed by atoms with E-state index in [0.29, 0.717) is 5.11 Å². The van der Waals surface area contributed by atoms with E-state index < -0.39 is 0 Å². The van der Waals surface area contributed by atoms with E-state index in [-0.39, 0.29) is 0 Å². The summed E-state index contributed by atoms with van der Waals surface area (Å²) in [4.78, 5) is 2.41. The zero-order valence-electron chi connectivity index (χ0n) is 13.3. The molecule has 1 fully saturated rings. The first-order valence-corrected chi connectivity index (χ1v) is 8.15. The summed E-state index contributed by atoms with van der Waals surface area (Å²) >= 11 is 5.06. The number of nitrogens with zero attached hydrogens (tertiary/aromatic N) is 2. The Morgan fingerprint density at radius 2 is 2.14 bits per heavy atom. The molecule has 0 aromatic heterocycles. The molecule has 1 saturated heterocycles. The van der Waals surface area contributed by atoms with Gasteiger partial charge in [0, 0.05) is 37.0 Å².